The standard InChI is InChI=1S/C24H21N9S.C24H23N7OS.C23H21N7S/c1-2-4-21-19(3-1)30-31-33(21)17-7-10-32(11-8-17)24-27-20-9-12-34-22(20)23(28-24)26-16-5-6-18-15(13-16)14-25-29-18;1-32-19-5-3-18(4-6-19)30-9-11-31(12-10-30)24-27-21-8-13-33-22(21)23(28-24)26-17-2-7-20-16(14-17)15-25-29-20;1-2-4-18(5-3-1)29-9-11-30(12-10-29)23-26-20-8-13-31-21(20)22(27-23)25-17-6-7-19-16(14-17)15-24-28-19/h1-6,9,12-14,17H,7-8,10-11H2,(H,25,29)(H,26,27,28);2-8,13-15H,9-12H2,1H3,(H,25,29)(H,26,27,28);1-8,13-15H,9-12H2,(H,24,28)(H,25,26,27). The number of methoxy groups -OCH3 is 1. The van der Waals surface area contributed by atoms with E-state index < -0.39 is 0 Å². The van der Waals surface area contributed by atoms with E-state index in [9.17, 15) is 0 Å². The van der Waals surface area contributed by atoms with E-state index in [0.717, 1.165) is 211 Å². The normalized spacial score (nSPS) is 14.6. The molecule has 0 bridgehead atoms. The predicted octanol–water partition coefficient (Wildman–Crippen LogP) is 14.2. The van der Waals surface area contributed by atoms with Gasteiger partial charge in [0.2, 0.25) is 17.8 Å². The Morgan fingerprint density at radius 3 is 1.27 bits per heavy atom. The fraction of sp³-hybridized carbons (Fsp3) is 0.197. The molecule has 0 saturated carbocycles. The van der Waals surface area contributed by atoms with Crippen molar-refractivity contribution in [3.8, 4) is 5.75 Å². The first kappa shape index (κ1) is 60.1. The molecule has 3 aliphatic rings. The number of nitrogens with zero attached hydrogens (tertiary/aromatic N) is 17. The summed E-state index contributed by atoms with van der Waals surface area (Å²) in [5.41, 5.74) is 13.4. The molecule has 10 aromatic heterocycles. The lowest BCUT2D eigenvalue weighted by Crippen LogP contribution is -2.47. The van der Waals surface area contributed by atoms with Gasteiger partial charge in [0.15, 0.2) is 17.5 Å². The zero-order valence-electron chi connectivity index (χ0n) is 53.2. The molecular formula is C71H65N23OS3. The largest absolute Gasteiger partial charge is 0.497 e. The molecule has 0 unspecified atom stereocenters. The number of piperazine rings is 2. The van der Waals surface area contributed by atoms with E-state index in [0.29, 0.717) is 6.04 Å². The van der Waals surface area contributed by atoms with Crippen molar-refractivity contribution in [3.63, 3.8) is 0 Å². The van der Waals surface area contributed by atoms with Gasteiger partial charge in [0.1, 0.15) is 11.3 Å². The van der Waals surface area contributed by atoms with Crippen LogP contribution in [0.2, 0.25) is 0 Å². The quantitative estimate of drug-likeness (QED) is 0.0627. The number of rotatable bonds is 13. The number of ether oxygens (including phenoxy) is 1. The van der Waals surface area contributed by atoms with Gasteiger partial charge in [0, 0.05) is 110 Å². The number of piperidine rings is 1. The van der Waals surface area contributed by atoms with E-state index in [1.54, 1.807) is 41.1 Å². The lowest BCUT2D eigenvalue weighted by Gasteiger charge is -2.36. The van der Waals surface area contributed by atoms with Gasteiger partial charge in [0.05, 0.1) is 84.5 Å². The number of benzene rings is 6. The van der Waals surface area contributed by atoms with Crippen molar-refractivity contribution in [3.05, 3.63) is 186 Å². The van der Waals surface area contributed by atoms with Gasteiger partial charge in [-0.15, -0.1) is 39.1 Å². The van der Waals surface area contributed by atoms with Crippen LogP contribution in [0.1, 0.15) is 18.9 Å². The lowest BCUT2D eigenvalue weighted by atomic mass is 10.1. The first-order valence-electron chi connectivity index (χ1n) is 32.5. The molecule has 0 radical (unpaired) electrons. The number of hydrogen-bond acceptors (Lipinski definition) is 23. The summed E-state index contributed by atoms with van der Waals surface area (Å²) in [7, 11) is 1.69. The minimum atomic E-state index is 0.327. The van der Waals surface area contributed by atoms with Crippen LogP contribution >= 0.6 is 34.0 Å². The SMILES string of the molecule is COc1ccc(N2CCN(c3nc(Nc4ccc5[nH]ncc5c4)c4sccc4n3)CC2)cc1.c1ccc(N2CCN(c3nc(Nc4ccc5[nH]ncc5c4)c4sccc4n3)CC2)cc1.c1ccc2c(c1)nnn2C1CCN(c2nc(Nc3ccc4[nH]ncc4c3)c3sccc3n2)CC1. The molecule has 0 spiro atoms. The second-order valence-electron chi connectivity index (χ2n) is 24.1. The van der Waals surface area contributed by atoms with Gasteiger partial charge in [-0.2, -0.15) is 30.2 Å². The van der Waals surface area contributed by atoms with Crippen molar-refractivity contribution in [2.45, 2.75) is 18.9 Å². The van der Waals surface area contributed by atoms with Crippen molar-refractivity contribution in [2.75, 3.05) is 113 Å². The second-order valence-corrected chi connectivity index (χ2v) is 26.9. The molecule has 6 aromatic carbocycles. The van der Waals surface area contributed by atoms with Gasteiger partial charge in [0.25, 0.3) is 0 Å². The maximum atomic E-state index is 5.28. The summed E-state index contributed by atoms with van der Waals surface area (Å²) in [6, 6.07) is 51.9. The summed E-state index contributed by atoms with van der Waals surface area (Å²) in [6.45, 7) is 8.99. The van der Waals surface area contributed by atoms with Crippen LogP contribution in [0.5, 0.6) is 5.75 Å². The minimum absolute atomic E-state index is 0.327. The third-order valence-corrected chi connectivity index (χ3v) is 20.9. The van der Waals surface area contributed by atoms with Gasteiger partial charge < -0.3 is 45.2 Å². The van der Waals surface area contributed by atoms with Gasteiger partial charge >= 0.3 is 0 Å². The van der Waals surface area contributed by atoms with Crippen LogP contribution < -0.4 is 45.2 Å². The smallest absolute Gasteiger partial charge is 0.228 e. The van der Waals surface area contributed by atoms with Crippen LogP contribution in [-0.4, -0.2) is 148 Å². The van der Waals surface area contributed by atoms with E-state index in [1.807, 2.05) is 85.3 Å². The third kappa shape index (κ3) is 12.4. The van der Waals surface area contributed by atoms with Crippen molar-refractivity contribution < 1.29 is 4.74 Å². The molecular weight excluding hydrogens is 1290 g/mol. The summed E-state index contributed by atoms with van der Waals surface area (Å²) in [4.78, 5) is 41.0. The molecule has 0 amide bonds. The fourth-order valence-electron chi connectivity index (χ4n) is 12.9. The molecule has 27 heteroatoms. The fourth-order valence-corrected chi connectivity index (χ4v) is 15.3. The number of fused-ring (bicyclic) bond motifs is 7. The molecule has 0 aliphatic carbocycles. The number of H-pyrrole nitrogens is 3. The van der Waals surface area contributed by atoms with E-state index >= 15 is 0 Å². The highest BCUT2D eigenvalue weighted by Crippen LogP contribution is 2.37. The first-order valence-corrected chi connectivity index (χ1v) is 35.2. The minimum Gasteiger partial charge on any atom is -0.497 e. The summed E-state index contributed by atoms with van der Waals surface area (Å²) >= 11 is 4.96. The van der Waals surface area contributed by atoms with E-state index in [4.69, 9.17) is 34.6 Å². The molecule has 98 heavy (non-hydrogen) atoms. The lowest BCUT2D eigenvalue weighted by molar-refractivity contribution is 0.367. The Balaban J connectivity index is 0.000000111. The third-order valence-electron chi connectivity index (χ3n) is 18.1. The molecule has 3 aliphatic heterocycles. The Morgan fingerprint density at radius 2 is 0.816 bits per heavy atom. The average Bonchev–Trinajstić information content (AvgIpc) is 1.62. The Morgan fingerprint density at radius 1 is 0.408 bits per heavy atom. The maximum absolute atomic E-state index is 5.28. The highest BCUT2D eigenvalue weighted by Gasteiger charge is 2.27. The van der Waals surface area contributed by atoms with Crippen molar-refractivity contribution in [1.29, 1.82) is 0 Å². The Hall–Kier alpha value is -11.6. The van der Waals surface area contributed by atoms with Crippen molar-refractivity contribution in [2.24, 2.45) is 0 Å². The van der Waals surface area contributed by atoms with Gasteiger partial charge in [-0.25, -0.2) is 19.6 Å². The van der Waals surface area contributed by atoms with Crippen LogP contribution in [0.4, 0.5) is 63.7 Å². The summed E-state index contributed by atoms with van der Waals surface area (Å²) in [6.07, 6.45) is 7.43. The van der Waals surface area contributed by atoms with E-state index in [2.05, 4.69) is 187 Å². The zero-order valence-corrected chi connectivity index (χ0v) is 55.6. The number of aromatic amines is 3. The Kier molecular flexibility index (Phi) is 16.3. The molecule has 19 rings (SSSR count). The Labute approximate surface area is 573 Å². The highest BCUT2D eigenvalue weighted by molar-refractivity contribution is 7.18. The molecule has 0 atom stereocenters. The molecule has 488 valence electrons. The van der Waals surface area contributed by atoms with Crippen LogP contribution in [0.15, 0.2) is 186 Å². The van der Waals surface area contributed by atoms with Gasteiger partial charge in [-0.05, 0) is 150 Å². The molecule has 3 fully saturated rings. The summed E-state index contributed by atoms with van der Waals surface area (Å²) in [5.74, 6) is 5.71. The Bertz CT molecular complexity index is 5430. The molecule has 3 saturated heterocycles. The van der Waals surface area contributed by atoms with Crippen molar-refractivity contribution in [1.82, 2.24) is 75.5 Å². The predicted molar refractivity (Wildman–Crippen MR) is 397 cm³/mol. The van der Waals surface area contributed by atoms with Gasteiger partial charge in [-0.1, -0.05) is 35.5 Å². The maximum Gasteiger partial charge on any atom is 0.228 e. The summed E-state index contributed by atoms with van der Waals surface area (Å²) < 4.78 is 10.5. The topological polar surface area (TPSA) is 256 Å². The average molecular weight is 1350 g/mol. The van der Waals surface area contributed by atoms with Crippen LogP contribution in [0, 0.1) is 0 Å². The summed E-state index contributed by atoms with van der Waals surface area (Å²) in [5, 5.41) is 50.0. The van der Waals surface area contributed by atoms with Gasteiger partial charge in [-0.3, -0.25) is 15.3 Å². The van der Waals surface area contributed by atoms with Crippen LogP contribution in [0.3, 0.4) is 0 Å². The number of nitrogens with one attached hydrogen (secondary N) is 6. The van der Waals surface area contributed by atoms with E-state index in [-0.39, 0.29) is 0 Å². The number of hydrogen-bond donors (Lipinski definition) is 6. The van der Waals surface area contributed by atoms with Crippen LogP contribution in [-0.2, 0) is 0 Å². The van der Waals surface area contributed by atoms with Crippen LogP contribution in [0.25, 0.3) is 74.4 Å². The second kappa shape index (κ2) is 26.6. The molecule has 6 N–H and O–H groups in total. The molecule has 24 nitrogen and oxygen atoms in total. The van der Waals surface area contributed by atoms with E-state index in [1.165, 1.54) is 11.4 Å². The number of anilines is 11. The monoisotopic (exact) mass is 1350 g/mol. The van der Waals surface area contributed by atoms with Crippen molar-refractivity contribution >= 4 is 172 Å². The first-order chi connectivity index (χ1) is 48.4. The zero-order chi connectivity index (χ0) is 65.3. The number of thiophene rings is 3. The number of aromatic nitrogens is 15. The number of para-hydroxylation sites is 2. The molecule has 16 aromatic rings. The highest BCUT2D eigenvalue weighted by atomic mass is 32.1. The molecule has 13 heterocycles.